The predicted octanol–water partition coefficient (Wildman–Crippen LogP) is 1.35. The molecule has 1 heterocycles. The molecule has 15 heteroatoms. The Balaban J connectivity index is 3.42. The van der Waals surface area contributed by atoms with Gasteiger partial charge in [0.25, 0.3) is 0 Å². The SMILES string of the molecule is CC(=O)OC[C@H]1O[C@H](OC(C)C)[C@@](O)(NC(=O)OCC(Cl)(Cl)Cl)[C@@H](OC(C)=O)[C@@H]1OC(C)=O. The Labute approximate surface area is 205 Å². The van der Waals surface area contributed by atoms with Crippen molar-refractivity contribution >= 4 is 58.8 Å². The summed E-state index contributed by atoms with van der Waals surface area (Å²) in [6, 6.07) is 0. The lowest BCUT2D eigenvalue weighted by molar-refractivity contribution is -0.355. The fraction of sp³-hybridized carbons (Fsp3) is 0.778. The van der Waals surface area contributed by atoms with Crippen LogP contribution in [0.25, 0.3) is 0 Å². The molecule has 33 heavy (non-hydrogen) atoms. The van der Waals surface area contributed by atoms with Gasteiger partial charge in [0.1, 0.15) is 19.3 Å². The van der Waals surface area contributed by atoms with Crippen LogP contribution < -0.4 is 5.32 Å². The maximum Gasteiger partial charge on any atom is 0.409 e. The van der Waals surface area contributed by atoms with Gasteiger partial charge in [-0.05, 0) is 13.8 Å². The van der Waals surface area contributed by atoms with E-state index in [0.29, 0.717) is 0 Å². The highest BCUT2D eigenvalue weighted by atomic mass is 35.6. The van der Waals surface area contributed by atoms with Crippen LogP contribution in [-0.2, 0) is 42.8 Å². The topological polar surface area (TPSA) is 156 Å². The summed E-state index contributed by atoms with van der Waals surface area (Å²) < 4.78 is 29.4. The fourth-order valence-corrected chi connectivity index (χ4v) is 2.94. The number of halogens is 3. The van der Waals surface area contributed by atoms with Gasteiger partial charge in [-0.3, -0.25) is 19.7 Å². The van der Waals surface area contributed by atoms with Crippen molar-refractivity contribution in [1.29, 1.82) is 0 Å². The molecule has 0 aromatic carbocycles. The Kier molecular flexibility index (Phi) is 10.9. The minimum Gasteiger partial charge on any atom is -0.463 e. The Morgan fingerprint density at radius 3 is 2.06 bits per heavy atom. The predicted molar refractivity (Wildman–Crippen MR) is 112 cm³/mol. The van der Waals surface area contributed by atoms with Crippen LogP contribution in [-0.4, -0.2) is 82.5 Å². The van der Waals surface area contributed by atoms with E-state index in [4.69, 9.17) is 63.2 Å². The second-order valence-electron chi connectivity index (χ2n) is 7.24. The van der Waals surface area contributed by atoms with Crippen molar-refractivity contribution in [3.8, 4) is 0 Å². The highest BCUT2D eigenvalue weighted by molar-refractivity contribution is 6.67. The van der Waals surface area contributed by atoms with Crippen molar-refractivity contribution in [2.45, 2.75) is 74.8 Å². The van der Waals surface area contributed by atoms with Gasteiger partial charge in [-0.2, -0.15) is 0 Å². The molecule has 190 valence electrons. The molecule has 0 spiro atoms. The molecule has 0 aromatic heterocycles. The molecule has 1 fully saturated rings. The molecule has 12 nitrogen and oxygen atoms in total. The Bertz CT molecular complexity index is 730. The van der Waals surface area contributed by atoms with Crippen molar-refractivity contribution in [3.05, 3.63) is 0 Å². The quantitative estimate of drug-likeness (QED) is 0.199. The van der Waals surface area contributed by atoms with E-state index in [2.05, 4.69) is 5.32 Å². The first kappa shape index (κ1) is 29.5. The van der Waals surface area contributed by atoms with Crippen LogP contribution in [0.1, 0.15) is 34.6 Å². The zero-order valence-electron chi connectivity index (χ0n) is 18.5. The Hall–Kier alpha value is -1.57. The number of hydrogen-bond acceptors (Lipinski definition) is 11. The van der Waals surface area contributed by atoms with Gasteiger partial charge in [-0.25, -0.2) is 4.79 Å². The van der Waals surface area contributed by atoms with Crippen molar-refractivity contribution in [3.63, 3.8) is 0 Å². The zero-order valence-corrected chi connectivity index (χ0v) is 20.7. The van der Waals surface area contributed by atoms with E-state index < -0.39 is 77.4 Å². The molecule has 0 unspecified atom stereocenters. The van der Waals surface area contributed by atoms with E-state index in [9.17, 15) is 24.3 Å². The number of aliphatic hydroxyl groups is 1. The number of nitrogens with one attached hydrogen (secondary N) is 1. The first-order valence-electron chi connectivity index (χ1n) is 9.58. The normalized spacial score (nSPS) is 27.5. The van der Waals surface area contributed by atoms with E-state index in [1.54, 1.807) is 13.8 Å². The second-order valence-corrected chi connectivity index (χ2v) is 9.76. The largest absolute Gasteiger partial charge is 0.463 e. The summed E-state index contributed by atoms with van der Waals surface area (Å²) in [5, 5.41) is 13.5. The summed E-state index contributed by atoms with van der Waals surface area (Å²) in [5.74, 6) is -2.44. The average molecular weight is 539 g/mol. The van der Waals surface area contributed by atoms with Crippen LogP contribution in [0.3, 0.4) is 0 Å². The third-order valence-electron chi connectivity index (χ3n) is 3.87. The summed E-state index contributed by atoms with van der Waals surface area (Å²) in [4.78, 5) is 47.2. The van der Waals surface area contributed by atoms with Crippen LogP contribution >= 0.6 is 34.8 Å². The van der Waals surface area contributed by atoms with Gasteiger partial charge in [0, 0.05) is 20.8 Å². The highest BCUT2D eigenvalue weighted by Gasteiger charge is 2.61. The molecular formula is C18H26Cl3NO11. The number of carbonyl (C=O) groups excluding carboxylic acids is 4. The van der Waals surface area contributed by atoms with Gasteiger partial charge < -0.3 is 33.5 Å². The minimum absolute atomic E-state index is 0.462. The van der Waals surface area contributed by atoms with Crippen molar-refractivity contribution < 1.29 is 52.7 Å². The molecule has 5 atom stereocenters. The van der Waals surface area contributed by atoms with Crippen LogP contribution in [0.15, 0.2) is 0 Å². The minimum atomic E-state index is -2.66. The van der Waals surface area contributed by atoms with Gasteiger partial charge in [0.05, 0.1) is 6.10 Å². The van der Waals surface area contributed by atoms with Gasteiger partial charge in [-0.1, -0.05) is 34.8 Å². The van der Waals surface area contributed by atoms with Crippen LogP contribution in [0.2, 0.25) is 0 Å². The molecule has 0 aliphatic carbocycles. The number of alkyl halides is 3. The maximum absolute atomic E-state index is 12.4. The monoisotopic (exact) mass is 537 g/mol. The highest BCUT2D eigenvalue weighted by Crippen LogP contribution is 2.34. The van der Waals surface area contributed by atoms with Crippen LogP contribution in [0, 0.1) is 0 Å². The number of alkyl carbamates (subject to hydrolysis) is 1. The van der Waals surface area contributed by atoms with E-state index in [-0.39, 0.29) is 0 Å². The molecule has 0 radical (unpaired) electrons. The molecular weight excluding hydrogens is 513 g/mol. The van der Waals surface area contributed by atoms with Crippen LogP contribution in [0.5, 0.6) is 0 Å². The Morgan fingerprint density at radius 2 is 1.61 bits per heavy atom. The fourth-order valence-electron chi connectivity index (χ4n) is 2.78. The van der Waals surface area contributed by atoms with Crippen molar-refractivity contribution in [2.75, 3.05) is 13.2 Å². The number of rotatable bonds is 8. The molecule has 2 N–H and O–H groups in total. The van der Waals surface area contributed by atoms with Crippen molar-refractivity contribution in [2.24, 2.45) is 0 Å². The van der Waals surface area contributed by atoms with E-state index in [0.717, 1.165) is 20.8 Å². The van der Waals surface area contributed by atoms with Gasteiger partial charge in [0.15, 0.2) is 12.2 Å². The van der Waals surface area contributed by atoms with Gasteiger partial charge >= 0.3 is 24.0 Å². The van der Waals surface area contributed by atoms with Crippen LogP contribution in [0.4, 0.5) is 4.79 Å². The first-order valence-corrected chi connectivity index (χ1v) is 10.7. The number of carbonyl (C=O) groups is 4. The molecule has 1 saturated heterocycles. The third kappa shape index (κ3) is 9.67. The lowest BCUT2D eigenvalue weighted by atomic mass is 9.92. The lowest BCUT2D eigenvalue weighted by Gasteiger charge is -2.49. The van der Waals surface area contributed by atoms with E-state index in [1.807, 2.05) is 0 Å². The standard InChI is InChI=1S/C18H26Cl3NO11/c1-8(2)30-15-18(27,22-16(26)29-7-17(19,20)21)14(32-11(5)25)13(31-10(4)24)12(33-15)6-28-9(3)23/h8,12-15,27H,6-7H2,1-5H3,(H,22,26)/t12-,13-,14+,15+,18-/m1/s1. The summed E-state index contributed by atoms with van der Waals surface area (Å²) in [6.07, 6.45) is -8.20. The van der Waals surface area contributed by atoms with Crippen molar-refractivity contribution in [1.82, 2.24) is 5.32 Å². The average Bonchev–Trinajstić information content (AvgIpc) is 2.63. The second kappa shape index (κ2) is 12.2. The zero-order chi connectivity index (χ0) is 25.6. The molecule has 1 amide bonds. The lowest BCUT2D eigenvalue weighted by Crippen LogP contribution is -2.75. The number of hydrogen-bond donors (Lipinski definition) is 2. The smallest absolute Gasteiger partial charge is 0.409 e. The summed E-state index contributed by atoms with van der Waals surface area (Å²) in [6.45, 7) is 5.21. The molecule has 0 saturated carbocycles. The number of amides is 1. The molecule has 1 aliphatic heterocycles. The summed E-state index contributed by atoms with van der Waals surface area (Å²) in [7, 11) is 0. The summed E-state index contributed by atoms with van der Waals surface area (Å²) in [5.41, 5.74) is -2.66. The van der Waals surface area contributed by atoms with Gasteiger partial charge in [0.2, 0.25) is 15.8 Å². The number of esters is 3. The molecule has 0 bridgehead atoms. The first-order chi connectivity index (χ1) is 15.0. The molecule has 1 rings (SSSR count). The summed E-state index contributed by atoms with van der Waals surface area (Å²) >= 11 is 16.7. The third-order valence-corrected chi connectivity index (χ3v) is 4.19. The van der Waals surface area contributed by atoms with E-state index >= 15 is 0 Å². The Morgan fingerprint density at radius 1 is 1.03 bits per heavy atom. The molecule has 1 aliphatic rings. The van der Waals surface area contributed by atoms with E-state index in [1.165, 1.54) is 0 Å². The maximum atomic E-state index is 12.4. The number of ether oxygens (including phenoxy) is 6. The van der Waals surface area contributed by atoms with Gasteiger partial charge in [-0.15, -0.1) is 0 Å². The molecule has 0 aromatic rings.